The molecule has 1 heterocycles. The number of ether oxygens (including phenoxy) is 1. The summed E-state index contributed by atoms with van der Waals surface area (Å²) in [5.74, 6) is -0.703. The van der Waals surface area contributed by atoms with Crippen molar-refractivity contribution in [2.24, 2.45) is 0 Å². The first-order chi connectivity index (χ1) is 6.79. The average molecular weight is 241 g/mol. The predicted octanol–water partition coefficient (Wildman–Crippen LogP) is 2.01. The summed E-state index contributed by atoms with van der Waals surface area (Å²) in [6.45, 7) is 3.09. The standard InChI is InChI=1S/C8H10F3NO2S/c1-3-14-6(13)7(2)12-5(4-15-7)8(9,10)11/h4,12H,3H2,1-2H3. The third kappa shape index (κ3) is 2.58. The lowest BCUT2D eigenvalue weighted by Gasteiger charge is -2.23. The van der Waals surface area contributed by atoms with E-state index < -0.39 is 22.7 Å². The number of thioether (sulfide) groups is 1. The number of carbonyl (C=O) groups excluding carboxylic acids is 1. The first-order valence-corrected chi connectivity index (χ1v) is 5.08. The van der Waals surface area contributed by atoms with Gasteiger partial charge in [-0.05, 0) is 13.8 Å². The average Bonchev–Trinajstić information content (AvgIpc) is 2.49. The van der Waals surface area contributed by atoms with Crippen molar-refractivity contribution >= 4 is 17.7 Å². The van der Waals surface area contributed by atoms with E-state index in [0.29, 0.717) is 0 Å². The zero-order chi connectivity index (χ0) is 11.7. The van der Waals surface area contributed by atoms with E-state index in [1.807, 2.05) is 0 Å². The third-order valence-corrected chi connectivity index (χ3v) is 2.85. The summed E-state index contributed by atoms with van der Waals surface area (Å²) in [7, 11) is 0. The highest BCUT2D eigenvalue weighted by Gasteiger charge is 2.47. The van der Waals surface area contributed by atoms with Crippen molar-refractivity contribution in [1.82, 2.24) is 5.32 Å². The van der Waals surface area contributed by atoms with Crippen LogP contribution in [0.25, 0.3) is 0 Å². The van der Waals surface area contributed by atoms with Crippen molar-refractivity contribution in [2.75, 3.05) is 6.61 Å². The molecule has 0 aromatic heterocycles. The molecule has 3 nitrogen and oxygen atoms in total. The third-order valence-electron chi connectivity index (χ3n) is 1.76. The van der Waals surface area contributed by atoms with E-state index in [1.54, 1.807) is 6.92 Å². The molecule has 0 amide bonds. The summed E-state index contributed by atoms with van der Waals surface area (Å²) < 4.78 is 41.4. The van der Waals surface area contributed by atoms with Crippen molar-refractivity contribution in [3.05, 3.63) is 11.1 Å². The lowest BCUT2D eigenvalue weighted by molar-refractivity contribution is -0.147. The Morgan fingerprint density at radius 2 is 2.27 bits per heavy atom. The number of hydrogen-bond donors (Lipinski definition) is 1. The molecule has 0 bridgehead atoms. The molecular weight excluding hydrogens is 231 g/mol. The predicted molar refractivity (Wildman–Crippen MR) is 49.9 cm³/mol. The minimum Gasteiger partial charge on any atom is -0.464 e. The second-order valence-corrected chi connectivity index (χ2v) is 4.31. The Morgan fingerprint density at radius 1 is 1.67 bits per heavy atom. The highest BCUT2D eigenvalue weighted by molar-refractivity contribution is 8.04. The maximum absolute atomic E-state index is 12.3. The number of alkyl halides is 3. The normalized spacial score (nSPS) is 25.8. The van der Waals surface area contributed by atoms with Gasteiger partial charge in [0, 0.05) is 5.41 Å². The minimum atomic E-state index is -4.46. The van der Waals surface area contributed by atoms with Gasteiger partial charge in [0.25, 0.3) is 0 Å². The van der Waals surface area contributed by atoms with Crippen LogP contribution in [0.5, 0.6) is 0 Å². The number of rotatable bonds is 2. The van der Waals surface area contributed by atoms with Gasteiger partial charge in [-0.25, -0.2) is 4.79 Å². The molecule has 7 heteroatoms. The van der Waals surface area contributed by atoms with E-state index in [2.05, 4.69) is 10.1 Å². The van der Waals surface area contributed by atoms with Gasteiger partial charge < -0.3 is 10.1 Å². The summed E-state index contributed by atoms with van der Waals surface area (Å²) in [6, 6.07) is 0. The van der Waals surface area contributed by atoms with Crippen molar-refractivity contribution in [3.8, 4) is 0 Å². The fourth-order valence-electron chi connectivity index (χ4n) is 0.998. The minimum absolute atomic E-state index is 0.137. The van der Waals surface area contributed by atoms with Gasteiger partial charge in [0.05, 0.1) is 6.61 Å². The fraction of sp³-hybridized carbons (Fsp3) is 0.625. The molecule has 1 rings (SSSR count). The number of hydrogen-bond acceptors (Lipinski definition) is 4. The molecule has 1 N–H and O–H groups in total. The molecule has 0 saturated carbocycles. The Balaban J connectivity index is 2.70. The smallest absolute Gasteiger partial charge is 0.431 e. The summed E-state index contributed by atoms with van der Waals surface area (Å²) in [6.07, 6.45) is -4.46. The number of nitrogens with one attached hydrogen (secondary N) is 1. The largest absolute Gasteiger partial charge is 0.464 e. The summed E-state index contributed by atoms with van der Waals surface area (Å²) in [4.78, 5) is 9.96. The molecule has 1 aliphatic rings. The quantitative estimate of drug-likeness (QED) is 0.750. The fourth-order valence-corrected chi connectivity index (χ4v) is 1.87. The van der Waals surface area contributed by atoms with Gasteiger partial charge >= 0.3 is 12.1 Å². The molecular formula is C8H10F3NO2S. The lowest BCUT2D eigenvalue weighted by Crippen LogP contribution is -2.46. The molecule has 1 aliphatic heterocycles. The van der Waals surface area contributed by atoms with E-state index in [4.69, 9.17) is 0 Å². The van der Waals surface area contributed by atoms with E-state index in [0.717, 1.165) is 17.2 Å². The molecule has 0 fully saturated rings. The monoisotopic (exact) mass is 241 g/mol. The summed E-state index contributed by atoms with van der Waals surface area (Å²) in [5, 5.41) is 3.00. The van der Waals surface area contributed by atoms with Crippen molar-refractivity contribution in [3.63, 3.8) is 0 Å². The molecule has 0 spiro atoms. The lowest BCUT2D eigenvalue weighted by atomic mass is 10.3. The zero-order valence-electron chi connectivity index (χ0n) is 8.14. The highest BCUT2D eigenvalue weighted by Crippen LogP contribution is 2.38. The van der Waals surface area contributed by atoms with Gasteiger partial charge in [-0.1, -0.05) is 11.8 Å². The molecule has 0 aromatic carbocycles. The van der Waals surface area contributed by atoms with Crippen molar-refractivity contribution in [1.29, 1.82) is 0 Å². The Kier molecular flexibility index (Phi) is 3.22. The Morgan fingerprint density at radius 3 is 2.67 bits per heavy atom. The second-order valence-electron chi connectivity index (χ2n) is 3.03. The van der Waals surface area contributed by atoms with Gasteiger partial charge in [-0.15, -0.1) is 0 Å². The second kappa shape index (κ2) is 3.96. The first-order valence-electron chi connectivity index (χ1n) is 4.20. The highest BCUT2D eigenvalue weighted by atomic mass is 32.2. The Bertz CT molecular complexity index is 303. The summed E-state index contributed by atoms with van der Waals surface area (Å²) in [5.41, 5.74) is -0.914. The molecule has 0 aliphatic carbocycles. The van der Waals surface area contributed by atoms with E-state index in [-0.39, 0.29) is 6.61 Å². The van der Waals surface area contributed by atoms with Crippen LogP contribution in [0.15, 0.2) is 11.1 Å². The maximum atomic E-state index is 12.3. The summed E-state index contributed by atoms with van der Waals surface area (Å²) >= 11 is 0.760. The van der Waals surface area contributed by atoms with Crippen LogP contribution in [0.1, 0.15) is 13.8 Å². The molecule has 1 atom stereocenters. The van der Waals surface area contributed by atoms with Crippen LogP contribution in [0.3, 0.4) is 0 Å². The van der Waals surface area contributed by atoms with Gasteiger partial charge in [0.2, 0.25) is 0 Å². The first kappa shape index (κ1) is 12.2. The van der Waals surface area contributed by atoms with Crippen LogP contribution >= 0.6 is 11.8 Å². The molecule has 0 aromatic rings. The molecule has 15 heavy (non-hydrogen) atoms. The maximum Gasteiger partial charge on any atom is 0.431 e. The van der Waals surface area contributed by atoms with Gasteiger partial charge in [0.15, 0.2) is 4.87 Å². The van der Waals surface area contributed by atoms with Crippen molar-refractivity contribution in [2.45, 2.75) is 24.9 Å². The van der Waals surface area contributed by atoms with Crippen LogP contribution in [-0.4, -0.2) is 23.6 Å². The van der Waals surface area contributed by atoms with Crippen LogP contribution < -0.4 is 5.32 Å². The van der Waals surface area contributed by atoms with Crippen LogP contribution in [0, 0.1) is 0 Å². The topological polar surface area (TPSA) is 38.3 Å². The SMILES string of the molecule is CCOC(=O)C1(C)NC(C(F)(F)F)=CS1. The van der Waals surface area contributed by atoms with Gasteiger partial charge in [0.1, 0.15) is 5.70 Å². The van der Waals surface area contributed by atoms with Crippen molar-refractivity contribution < 1.29 is 22.7 Å². The Labute approximate surface area is 89.0 Å². The molecule has 0 saturated heterocycles. The van der Waals surface area contributed by atoms with Crippen LogP contribution in [0.4, 0.5) is 13.2 Å². The van der Waals surface area contributed by atoms with Gasteiger partial charge in [-0.3, -0.25) is 0 Å². The van der Waals surface area contributed by atoms with Crippen LogP contribution in [0.2, 0.25) is 0 Å². The van der Waals surface area contributed by atoms with E-state index in [9.17, 15) is 18.0 Å². The number of carbonyl (C=O) groups is 1. The molecule has 86 valence electrons. The number of halogens is 3. The van der Waals surface area contributed by atoms with Gasteiger partial charge in [-0.2, -0.15) is 13.2 Å². The Hall–Kier alpha value is -0.850. The molecule has 1 unspecified atom stereocenters. The van der Waals surface area contributed by atoms with Crippen LogP contribution in [-0.2, 0) is 9.53 Å². The molecule has 0 radical (unpaired) electrons. The van der Waals surface area contributed by atoms with E-state index in [1.165, 1.54) is 6.92 Å². The number of esters is 1. The van der Waals surface area contributed by atoms with E-state index >= 15 is 0 Å². The number of allylic oxidation sites excluding steroid dienone is 1. The zero-order valence-corrected chi connectivity index (χ0v) is 8.96.